The molecule has 3 heteroatoms. The Bertz CT molecular complexity index is 495. The summed E-state index contributed by atoms with van der Waals surface area (Å²) in [4.78, 5) is 6.90. The molecule has 1 saturated heterocycles. The molecule has 2 heterocycles. The fourth-order valence-corrected chi connectivity index (χ4v) is 3.29. The molecule has 2 bridgehead atoms. The molecule has 2 atom stereocenters. The van der Waals surface area contributed by atoms with E-state index in [-0.39, 0.29) is 0 Å². The zero-order valence-electron chi connectivity index (χ0n) is 11.3. The number of aromatic nitrogens is 1. The molecule has 2 aliphatic rings. The van der Waals surface area contributed by atoms with Gasteiger partial charge in [-0.25, -0.2) is 4.98 Å². The van der Waals surface area contributed by atoms with Crippen molar-refractivity contribution in [1.82, 2.24) is 9.88 Å². The van der Waals surface area contributed by atoms with E-state index in [1.807, 2.05) is 12.3 Å². The van der Waals surface area contributed by atoms with Crippen LogP contribution in [-0.2, 0) is 0 Å². The fourth-order valence-electron chi connectivity index (χ4n) is 3.29. The van der Waals surface area contributed by atoms with Crippen molar-refractivity contribution in [3.63, 3.8) is 0 Å². The summed E-state index contributed by atoms with van der Waals surface area (Å²) in [5.74, 6) is 1.40. The van der Waals surface area contributed by atoms with Crippen LogP contribution in [-0.4, -0.2) is 36.1 Å². The second-order valence-corrected chi connectivity index (χ2v) is 5.25. The van der Waals surface area contributed by atoms with Crippen LogP contribution in [0, 0.1) is 12.8 Å². The van der Waals surface area contributed by atoms with Gasteiger partial charge in [0.25, 0.3) is 0 Å². The molecule has 18 heavy (non-hydrogen) atoms. The van der Waals surface area contributed by atoms with Crippen molar-refractivity contribution in [2.24, 2.45) is 5.92 Å². The van der Waals surface area contributed by atoms with Gasteiger partial charge >= 0.3 is 0 Å². The first-order valence-electron chi connectivity index (χ1n) is 6.69. The SMILES string of the molecule is CCN1CC2CC1C=C2c1cnc(OC)cc1C. The van der Waals surface area contributed by atoms with Gasteiger partial charge in [-0.1, -0.05) is 13.0 Å². The molecule has 1 aliphatic carbocycles. The topological polar surface area (TPSA) is 25.4 Å². The second kappa shape index (κ2) is 4.39. The molecule has 0 amide bonds. The number of nitrogens with zero attached hydrogens (tertiary/aromatic N) is 2. The fraction of sp³-hybridized carbons (Fsp3) is 0.533. The van der Waals surface area contributed by atoms with Crippen molar-refractivity contribution in [3.8, 4) is 5.88 Å². The Kier molecular flexibility index (Phi) is 2.86. The van der Waals surface area contributed by atoms with Gasteiger partial charge in [0, 0.05) is 24.8 Å². The Morgan fingerprint density at radius 3 is 2.89 bits per heavy atom. The van der Waals surface area contributed by atoms with Gasteiger partial charge < -0.3 is 4.74 Å². The molecule has 0 spiro atoms. The molecule has 0 aromatic carbocycles. The Morgan fingerprint density at radius 2 is 2.33 bits per heavy atom. The Labute approximate surface area is 108 Å². The van der Waals surface area contributed by atoms with Crippen molar-refractivity contribution < 1.29 is 4.74 Å². The number of pyridine rings is 1. The van der Waals surface area contributed by atoms with E-state index in [1.165, 1.54) is 29.7 Å². The number of likely N-dealkylation sites (N-methyl/N-ethyl adjacent to an activating group) is 1. The van der Waals surface area contributed by atoms with Crippen LogP contribution in [0.25, 0.3) is 5.57 Å². The van der Waals surface area contributed by atoms with Gasteiger partial charge in [0.1, 0.15) is 0 Å². The van der Waals surface area contributed by atoms with Gasteiger partial charge in [0.15, 0.2) is 0 Å². The van der Waals surface area contributed by atoms with Gasteiger partial charge in [-0.2, -0.15) is 0 Å². The number of ether oxygens (including phenoxy) is 1. The van der Waals surface area contributed by atoms with E-state index >= 15 is 0 Å². The van der Waals surface area contributed by atoms with Crippen molar-refractivity contribution >= 4 is 5.57 Å². The maximum absolute atomic E-state index is 5.17. The van der Waals surface area contributed by atoms with Gasteiger partial charge in [0.05, 0.1) is 7.11 Å². The quantitative estimate of drug-likeness (QED) is 0.817. The second-order valence-electron chi connectivity index (χ2n) is 5.25. The molecule has 1 fully saturated rings. The summed E-state index contributed by atoms with van der Waals surface area (Å²) >= 11 is 0. The van der Waals surface area contributed by atoms with Crippen LogP contribution in [0.5, 0.6) is 5.88 Å². The van der Waals surface area contributed by atoms with Gasteiger partial charge in [0.2, 0.25) is 5.88 Å². The smallest absolute Gasteiger partial charge is 0.213 e. The van der Waals surface area contributed by atoms with Crippen molar-refractivity contribution in [3.05, 3.63) is 29.5 Å². The molecule has 2 unspecified atom stereocenters. The van der Waals surface area contributed by atoms with Crippen LogP contribution in [0.4, 0.5) is 0 Å². The highest BCUT2D eigenvalue weighted by molar-refractivity contribution is 5.73. The number of aryl methyl sites for hydroxylation is 1. The molecule has 96 valence electrons. The number of methoxy groups -OCH3 is 1. The van der Waals surface area contributed by atoms with Crippen molar-refractivity contribution in [2.45, 2.75) is 26.3 Å². The third-order valence-corrected chi connectivity index (χ3v) is 4.27. The summed E-state index contributed by atoms with van der Waals surface area (Å²) in [6.45, 7) is 6.75. The minimum atomic E-state index is 0.650. The molecule has 0 N–H and O–H groups in total. The van der Waals surface area contributed by atoms with Crippen LogP contribution in [0.2, 0.25) is 0 Å². The largest absolute Gasteiger partial charge is 0.481 e. The summed E-state index contributed by atoms with van der Waals surface area (Å²) in [5.41, 5.74) is 4.07. The van der Waals surface area contributed by atoms with Gasteiger partial charge in [-0.05, 0) is 42.5 Å². The average molecular weight is 244 g/mol. The molecule has 1 aromatic rings. The minimum absolute atomic E-state index is 0.650. The molecule has 1 aromatic heterocycles. The van der Waals surface area contributed by atoms with E-state index in [0.717, 1.165) is 6.54 Å². The van der Waals surface area contributed by atoms with Gasteiger partial charge in [-0.15, -0.1) is 0 Å². The first-order valence-corrected chi connectivity index (χ1v) is 6.69. The Hall–Kier alpha value is -1.35. The zero-order valence-corrected chi connectivity index (χ0v) is 11.3. The third-order valence-electron chi connectivity index (χ3n) is 4.27. The third kappa shape index (κ3) is 1.74. The van der Waals surface area contributed by atoms with Crippen molar-refractivity contribution in [2.75, 3.05) is 20.2 Å². The minimum Gasteiger partial charge on any atom is -0.481 e. The Balaban J connectivity index is 1.91. The van der Waals surface area contributed by atoms with E-state index in [2.05, 4.69) is 29.8 Å². The zero-order chi connectivity index (χ0) is 12.7. The lowest BCUT2D eigenvalue weighted by Crippen LogP contribution is -2.30. The molecule has 3 rings (SSSR count). The summed E-state index contributed by atoms with van der Waals surface area (Å²) in [7, 11) is 1.66. The predicted molar refractivity (Wildman–Crippen MR) is 72.6 cm³/mol. The first-order chi connectivity index (χ1) is 8.72. The van der Waals surface area contributed by atoms with E-state index in [0.29, 0.717) is 17.8 Å². The van der Waals surface area contributed by atoms with Crippen molar-refractivity contribution in [1.29, 1.82) is 0 Å². The maximum atomic E-state index is 5.17. The number of hydrogen-bond acceptors (Lipinski definition) is 3. The normalized spacial score (nSPS) is 26.5. The average Bonchev–Trinajstić information content (AvgIpc) is 2.97. The van der Waals surface area contributed by atoms with Crippen LogP contribution in [0.15, 0.2) is 18.3 Å². The van der Waals surface area contributed by atoms with Gasteiger partial charge in [-0.3, -0.25) is 4.90 Å². The highest BCUT2D eigenvalue weighted by Crippen LogP contribution is 2.42. The highest BCUT2D eigenvalue weighted by atomic mass is 16.5. The van der Waals surface area contributed by atoms with Crippen LogP contribution < -0.4 is 4.74 Å². The summed E-state index contributed by atoms with van der Waals surface area (Å²) < 4.78 is 5.17. The molecule has 3 nitrogen and oxygen atoms in total. The van der Waals surface area contributed by atoms with E-state index < -0.39 is 0 Å². The molecule has 0 radical (unpaired) electrons. The number of rotatable bonds is 3. The Morgan fingerprint density at radius 1 is 1.50 bits per heavy atom. The van der Waals surface area contributed by atoms with E-state index in [9.17, 15) is 0 Å². The van der Waals surface area contributed by atoms with Crippen LogP contribution in [0.1, 0.15) is 24.5 Å². The lowest BCUT2D eigenvalue weighted by molar-refractivity contribution is 0.297. The molecule has 1 aliphatic heterocycles. The number of likely N-dealkylation sites (tertiary alicyclic amines) is 1. The van der Waals surface area contributed by atoms with E-state index in [1.54, 1.807) is 7.11 Å². The maximum Gasteiger partial charge on any atom is 0.213 e. The van der Waals surface area contributed by atoms with Crippen LogP contribution in [0.3, 0.4) is 0 Å². The summed E-state index contributed by atoms with van der Waals surface area (Å²) in [5, 5.41) is 0. The molecular formula is C15H20N2O. The summed E-state index contributed by atoms with van der Waals surface area (Å²) in [6, 6.07) is 2.68. The first kappa shape index (κ1) is 11.7. The molecule has 0 saturated carbocycles. The van der Waals surface area contributed by atoms with E-state index in [4.69, 9.17) is 4.74 Å². The standard InChI is InChI=1S/C15H20N2O/c1-4-17-9-11-6-12(17)7-13(11)14-8-16-15(18-3)5-10(14)2/h5,7-8,11-12H,4,6,9H2,1-3H3. The summed E-state index contributed by atoms with van der Waals surface area (Å²) in [6.07, 6.45) is 5.69. The highest BCUT2D eigenvalue weighted by Gasteiger charge is 2.38. The monoisotopic (exact) mass is 244 g/mol. The van der Waals surface area contributed by atoms with Crippen LogP contribution >= 0.6 is 0 Å². The predicted octanol–water partition coefficient (Wildman–Crippen LogP) is 2.51. The lowest BCUT2D eigenvalue weighted by atomic mass is 9.93. The number of fused-ring (bicyclic) bond motifs is 2. The lowest BCUT2D eigenvalue weighted by Gasteiger charge is -2.25. The number of hydrogen-bond donors (Lipinski definition) is 0. The molecular weight excluding hydrogens is 224 g/mol.